The van der Waals surface area contributed by atoms with Crippen molar-refractivity contribution >= 4 is 43.5 Å². The third kappa shape index (κ3) is 4.43. The summed E-state index contributed by atoms with van der Waals surface area (Å²) in [5, 5.41) is 15.9. The Balaban J connectivity index is 1.17. The van der Waals surface area contributed by atoms with Crippen LogP contribution in [0.1, 0.15) is 5.56 Å². The van der Waals surface area contributed by atoms with Gasteiger partial charge in [-0.1, -0.05) is 78.9 Å². The Morgan fingerprint density at radius 3 is 2.00 bits per heavy atom. The van der Waals surface area contributed by atoms with E-state index < -0.39 is 0 Å². The fourth-order valence-corrected chi connectivity index (χ4v) is 6.75. The van der Waals surface area contributed by atoms with E-state index in [0.29, 0.717) is 5.56 Å². The molecule has 0 aliphatic heterocycles. The Labute approximate surface area is 270 Å². The molecular weight excluding hydrogens is 574 g/mol. The van der Waals surface area contributed by atoms with Gasteiger partial charge in [0.2, 0.25) is 0 Å². The maximum atomic E-state index is 10.1. The lowest BCUT2D eigenvalue weighted by Gasteiger charge is -2.12. The number of pyridine rings is 3. The number of hydrogen-bond donors (Lipinski definition) is 0. The largest absolute Gasteiger partial charge is 0.308 e. The summed E-state index contributed by atoms with van der Waals surface area (Å²) >= 11 is 0. The summed E-state index contributed by atoms with van der Waals surface area (Å²) in [6.07, 6.45) is 1.82. The van der Waals surface area contributed by atoms with Crippen LogP contribution in [-0.4, -0.2) is 19.5 Å². The number of hydrogen-bond acceptors (Lipinski definition) is 4. The van der Waals surface area contributed by atoms with Crippen molar-refractivity contribution in [3.8, 4) is 45.7 Å². The quantitative estimate of drug-likeness (QED) is 0.189. The van der Waals surface area contributed by atoms with Gasteiger partial charge >= 0.3 is 0 Å². The van der Waals surface area contributed by atoms with Gasteiger partial charge < -0.3 is 4.57 Å². The van der Waals surface area contributed by atoms with Gasteiger partial charge in [-0.2, -0.15) is 5.26 Å². The molecule has 4 aromatic heterocycles. The first kappa shape index (κ1) is 26.7. The average molecular weight is 600 g/mol. The molecule has 0 spiro atoms. The molecule has 0 atom stereocenters. The first-order valence-electron chi connectivity index (χ1n) is 15.5. The van der Waals surface area contributed by atoms with Crippen molar-refractivity contribution < 1.29 is 0 Å². The molecule has 47 heavy (non-hydrogen) atoms. The van der Waals surface area contributed by atoms with E-state index >= 15 is 0 Å². The average Bonchev–Trinajstić information content (AvgIpc) is 3.49. The summed E-state index contributed by atoms with van der Waals surface area (Å²) < 4.78 is 2.17. The fraction of sp³-hybridized carbons (Fsp3) is 0. The van der Waals surface area contributed by atoms with Gasteiger partial charge in [-0.3, -0.25) is 4.98 Å². The molecule has 0 N–H and O–H groups in total. The van der Waals surface area contributed by atoms with E-state index in [1.807, 2.05) is 66.9 Å². The van der Waals surface area contributed by atoms with Crippen LogP contribution in [-0.2, 0) is 0 Å². The summed E-state index contributed by atoms with van der Waals surface area (Å²) in [6.45, 7) is 0. The van der Waals surface area contributed by atoms with E-state index in [-0.39, 0.29) is 0 Å². The molecule has 9 rings (SSSR count). The molecule has 0 saturated carbocycles. The lowest BCUT2D eigenvalue weighted by atomic mass is 9.95. The number of aromatic nitrogens is 4. The van der Waals surface area contributed by atoms with Crippen molar-refractivity contribution in [2.75, 3.05) is 0 Å². The molecule has 9 aromatic rings. The molecule has 0 aliphatic carbocycles. The second-order valence-electron chi connectivity index (χ2n) is 11.6. The van der Waals surface area contributed by atoms with Crippen LogP contribution in [0.15, 0.2) is 152 Å². The second-order valence-corrected chi connectivity index (χ2v) is 11.6. The highest BCUT2D eigenvalue weighted by molar-refractivity contribution is 6.13. The molecular formula is C42H25N5. The number of rotatable bonds is 4. The van der Waals surface area contributed by atoms with Crippen LogP contribution in [0.4, 0.5) is 0 Å². The van der Waals surface area contributed by atoms with Crippen LogP contribution in [0.3, 0.4) is 0 Å². The van der Waals surface area contributed by atoms with Gasteiger partial charge in [0, 0.05) is 28.4 Å². The zero-order valence-corrected chi connectivity index (χ0v) is 25.2. The molecule has 5 aromatic carbocycles. The normalized spacial score (nSPS) is 11.4. The molecule has 5 nitrogen and oxygen atoms in total. The summed E-state index contributed by atoms with van der Waals surface area (Å²) in [5.74, 6) is 0. The molecule has 0 fully saturated rings. The fourth-order valence-electron chi connectivity index (χ4n) is 6.75. The Morgan fingerprint density at radius 1 is 0.511 bits per heavy atom. The monoisotopic (exact) mass is 599 g/mol. The van der Waals surface area contributed by atoms with Crippen LogP contribution in [0.25, 0.3) is 83.1 Å². The molecule has 4 heterocycles. The molecule has 218 valence electrons. The maximum absolute atomic E-state index is 10.1. The Hall–Kier alpha value is -6.64. The molecule has 0 radical (unpaired) electrons. The van der Waals surface area contributed by atoms with Crippen molar-refractivity contribution in [2.24, 2.45) is 0 Å². The smallest absolute Gasteiger partial charge is 0.0992 e. The van der Waals surface area contributed by atoms with Crippen LogP contribution in [0, 0.1) is 11.3 Å². The first-order valence-corrected chi connectivity index (χ1v) is 15.5. The third-order valence-corrected chi connectivity index (χ3v) is 8.83. The predicted octanol–water partition coefficient (Wildman–Crippen LogP) is 10.1. The van der Waals surface area contributed by atoms with Crippen molar-refractivity contribution in [1.29, 1.82) is 5.26 Å². The minimum absolute atomic E-state index is 0.558. The van der Waals surface area contributed by atoms with Crippen molar-refractivity contribution in [3.05, 3.63) is 157 Å². The Bertz CT molecular complexity index is 2660. The second kappa shape index (κ2) is 10.8. The molecule has 0 saturated heterocycles. The highest BCUT2D eigenvalue weighted by Gasteiger charge is 2.16. The number of benzene rings is 5. The number of nitriles is 1. The summed E-state index contributed by atoms with van der Waals surface area (Å²) in [4.78, 5) is 14.9. The SMILES string of the molecule is N#Cc1cc(-c2cccc(-c3cccc(-c4cc5ccccc5c5ccccc45)n3)n2)cc(-n2c3ccccc3c3ncccc32)c1. The van der Waals surface area contributed by atoms with Crippen LogP contribution >= 0.6 is 0 Å². The highest BCUT2D eigenvalue weighted by atomic mass is 15.0. The van der Waals surface area contributed by atoms with Crippen LogP contribution in [0.5, 0.6) is 0 Å². The summed E-state index contributed by atoms with van der Waals surface area (Å²) in [7, 11) is 0. The zero-order chi connectivity index (χ0) is 31.3. The van der Waals surface area contributed by atoms with Gasteiger partial charge in [0.15, 0.2) is 0 Å². The first-order chi connectivity index (χ1) is 23.2. The minimum atomic E-state index is 0.558. The van der Waals surface area contributed by atoms with Crippen LogP contribution < -0.4 is 0 Å². The predicted molar refractivity (Wildman–Crippen MR) is 190 cm³/mol. The number of fused-ring (bicyclic) bond motifs is 6. The molecule has 0 bridgehead atoms. The Kier molecular flexibility index (Phi) is 6.12. The summed E-state index contributed by atoms with van der Waals surface area (Å²) in [6, 6.07) is 51.8. The van der Waals surface area contributed by atoms with Gasteiger partial charge in [-0.05, 0) is 88.3 Å². The third-order valence-electron chi connectivity index (χ3n) is 8.83. The molecule has 0 amide bonds. The van der Waals surface area contributed by atoms with Gasteiger partial charge in [-0.25, -0.2) is 9.97 Å². The van der Waals surface area contributed by atoms with Gasteiger partial charge in [-0.15, -0.1) is 0 Å². The highest BCUT2D eigenvalue weighted by Crippen LogP contribution is 2.36. The molecule has 0 aliphatic rings. The lowest BCUT2D eigenvalue weighted by Crippen LogP contribution is -1.97. The molecule has 0 unspecified atom stereocenters. The van der Waals surface area contributed by atoms with Gasteiger partial charge in [0.1, 0.15) is 0 Å². The minimum Gasteiger partial charge on any atom is -0.308 e. The lowest BCUT2D eigenvalue weighted by molar-refractivity contribution is 1.17. The number of para-hydroxylation sites is 1. The molecule has 5 heteroatoms. The summed E-state index contributed by atoms with van der Waals surface area (Å²) in [5.41, 5.74) is 9.54. The standard InChI is InChI=1S/C42H25N5/c43-26-27-22-29(24-30(23-27)47-40-19-6-5-14-34(40)42-41(47)20-9-21-44-42)36-15-7-17-38(45-36)39-18-8-16-37(46-39)35-25-28-10-1-2-11-31(28)32-12-3-4-13-33(32)35/h1-25H. The van der Waals surface area contributed by atoms with E-state index in [0.717, 1.165) is 61.5 Å². The number of nitrogens with zero attached hydrogens (tertiary/aromatic N) is 5. The maximum Gasteiger partial charge on any atom is 0.0992 e. The zero-order valence-electron chi connectivity index (χ0n) is 25.2. The van der Waals surface area contributed by atoms with E-state index in [1.165, 1.54) is 21.5 Å². The van der Waals surface area contributed by atoms with E-state index in [4.69, 9.17) is 9.97 Å². The topological polar surface area (TPSA) is 67.4 Å². The van der Waals surface area contributed by atoms with E-state index in [9.17, 15) is 5.26 Å². The van der Waals surface area contributed by atoms with Gasteiger partial charge in [0.25, 0.3) is 0 Å². The van der Waals surface area contributed by atoms with Crippen molar-refractivity contribution in [2.45, 2.75) is 0 Å². The Morgan fingerprint density at radius 2 is 1.17 bits per heavy atom. The van der Waals surface area contributed by atoms with E-state index in [1.54, 1.807) is 0 Å². The van der Waals surface area contributed by atoms with Gasteiger partial charge in [0.05, 0.1) is 51.0 Å². The van der Waals surface area contributed by atoms with Crippen molar-refractivity contribution in [3.63, 3.8) is 0 Å². The van der Waals surface area contributed by atoms with Crippen molar-refractivity contribution in [1.82, 2.24) is 19.5 Å². The van der Waals surface area contributed by atoms with E-state index in [2.05, 4.69) is 101 Å². The van der Waals surface area contributed by atoms with Crippen LogP contribution in [0.2, 0.25) is 0 Å².